The molecule has 0 spiro atoms. The van der Waals surface area contributed by atoms with Crippen LogP contribution in [0.15, 0.2) is 186 Å². The van der Waals surface area contributed by atoms with Crippen LogP contribution in [0.1, 0.15) is 6.42 Å². The van der Waals surface area contributed by atoms with E-state index in [9.17, 15) is 10.5 Å². The molecule has 0 N–H and O–H groups in total. The summed E-state index contributed by atoms with van der Waals surface area (Å²) in [5, 5.41) is 27.2. The van der Waals surface area contributed by atoms with Gasteiger partial charge in [-0.25, -0.2) is 0 Å². The molecule has 0 aliphatic rings. The zero-order chi connectivity index (χ0) is 37.6. The molecule has 0 amide bonds. The van der Waals surface area contributed by atoms with Gasteiger partial charge in [-0.05, 0) is 72.8 Å². The number of nitriles is 2. The van der Waals surface area contributed by atoms with E-state index in [4.69, 9.17) is 4.42 Å². The highest BCUT2D eigenvalue weighted by Gasteiger charge is 2.21. The molecule has 0 fully saturated rings. The summed E-state index contributed by atoms with van der Waals surface area (Å²) in [6, 6.07) is 60.8. The molecule has 1 unspecified atom stereocenters. The molecule has 0 aliphatic heterocycles. The Morgan fingerprint density at radius 3 is 1.88 bits per heavy atom. The lowest BCUT2D eigenvalue weighted by atomic mass is 10.0. The summed E-state index contributed by atoms with van der Waals surface area (Å²) in [6.45, 7) is 0. The van der Waals surface area contributed by atoms with E-state index in [0.717, 1.165) is 77.5 Å². The number of hydrogen-bond acceptors (Lipinski definition) is 4. The summed E-state index contributed by atoms with van der Waals surface area (Å²) in [5.74, 6) is -0.538. The normalized spacial score (nSPS) is 12.6. The Hall–Kier alpha value is -7.80. The minimum atomic E-state index is -0.538. The zero-order valence-electron chi connectivity index (χ0n) is 30.2. The predicted octanol–water partition coefficient (Wildman–Crippen LogP) is 13.0. The van der Waals surface area contributed by atoms with Gasteiger partial charge in [-0.3, -0.25) is 0 Å². The molecule has 0 saturated carbocycles. The van der Waals surface area contributed by atoms with E-state index in [1.54, 1.807) is 6.08 Å². The third-order valence-corrected chi connectivity index (χ3v) is 10.7. The standard InChI is InChI=1S/C50H33N5O/c51-29-27-38(54(35-13-3-1-4-14-35)36-15-5-2-6-16-36)31-34(33-52)28-30-53-44-25-23-37(55-45-20-10-7-17-39(45)40-18-8-11-21-46(40)55)32-43(44)49-47(53)26-24-42-41-19-9-12-22-48(41)56-50(42)49/h1-28,30,32,34H,31H2/b30-28+,38-27-. The number of furan rings is 1. The maximum Gasteiger partial charge on any atom is 0.145 e. The number of hydrogen-bond donors (Lipinski definition) is 0. The smallest absolute Gasteiger partial charge is 0.145 e. The van der Waals surface area contributed by atoms with Crippen LogP contribution in [0.5, 0.6) is 0 Å². The SMILES string of the molecule is N#C/C=C(/CC(C#N)/C=C/n1c2ccc(-n3c4ccccc4c4ccccc43)cc2c2c3oc4ccccc4c3ccc21)N(c1ccccc1)c1ccccc1. The third-order valence-electron chi connectivity index (χ3n) is 10.7. The van der Waals surface area contributed by atoms with Crippen molar-refractivity contribution in [3.05, 3.63) is 182 Å². The second-order valence-corrected chi connectivity index (χ2v) is 13.9. The molecule has 1 atom stereocenters. The number of allylic oxidation sites excluding steroid dienone is 3. The van der Waals surface area contributed by atoms with Crippen molar-refractivity contribution in [3.8, 4) is 17.8 Å². The summed E-state index contributed by atoms with van der Waals surface area (Å²) in [4.78, 5) is 2.05. The number of anilines is 2. The molecule has 56 heavy (non-hydrogen) atoms. The van der Waals surface area contributed by atoms with E-state index in [0.29, 0.717) is 6.42 Å². The van der Waals surface area contributed by atoms with Crippen LogP contribution < -0.4 is 4.90 Å². The number of rotatable bonds is 8. The number of benzene rings is 7. The molecule has 0 bridgehead atoms. The molecule has 0 saturated heterocycles. The highest BCUT2D eigenvalue weighted by Crippen LogP contribution is 2.41. The fourth-order valence-corrected chi connectivity index (χ4v) is 8.30. The Balaban J connectivity index is 1.14. The van der Waals surface area contributed by atoms with E-state index in [2.05, 4.69) is 111 Å². The van der Waals surface area contributed by atoms with Gasteiger partial charge < -0.3 is 18.5 Å². The average Bonchev–Trinajstić information content (AvgIpc) is 3.90. The second kappa shape index (κ2) is 13.6. The quantitative estimate of drug-likeness (QED) is 0.147. The van der Waals surface area contributed by atoms with Crippen LogP contribution in [-0.4, -0.2) is 9.13 Å². The molecule has 3 aromatic heterocycles. The van der Waals surface area contributed by atoms with E-state index < -0.39 is 5.92 Å². The molecular weight excluding hydrogens is 687 g/mol. The van der Waals surface area contributed by atoms with E-state index in [1.165, 1.54) is 10.8 Å². The molecular formula is C50H33N5O. The topological polar surface area (TPSA) is 73.8 Å². The van der Waals surface area contributed by atoms with Gasteiger partial charge in [0, 0.05) is 68.4 Å². The van der Waals surface area contributed by atoms with Gasteiger partial charge >= 0.3 is 0 Å². The van der Waals surface area contributed by atoms with Crippen molar-refractivity contribution < 1.29 is 4.42 Å². The highest BCUT2D eigenvalue weighted by molar-refractivity contribution is 6.24. The number of fused-ring (bicyclic) bond motifs is 10. The van der Waals surface area contributed by atoms with Gasteiger partial charge in [-0.2, -0.15) is 10.5 Å². The fourth-order valence-electron chi connectivity index (χ4n) is 8.30. The van der Waals surface area contributed by atoms with Gasteiger partial charge in [0.15, 0.2) is 0 Å². The Bertz CT molecular complexity index is 3170. The van der Waals surface area contributed by atoms with Crippen molar-refractivity contribution in [2.45, 2.75) is 6.42 Å². The maximum absolute atomic E-state index is 10.6. The zero-order valence-corrected chi connectivity index (χ0v) is 30.2. The summed E-state index contributed by atoms with van der Waals surface area (Å²) in [7, 11) is 0. The summed E-state index contributed by atoms with van der Waals surface area (Å²) >= 11 is 0. The van der Waals surface area contributed by atoms with Crippen molar-refractivity contribution in [2.75, 3.05) is 4.90 Å². The van der Waals surface area contributed by atoms with Crippen LogP contribution >= 0.6 is 0 Å². The van der Waals surface area contributed by atoms with Crippen molar-refractivity contribution >= 4 is 83.1 Å². The van der Waals surface area contributed by atoms with Crippen LogP contribution in [0.3, 0.4) is 0 Å². The summed E-state index contributed by atoms with van der Waals surface area (Å²) < 4.78 is 11.2. The predicted molar refractivity (Wildman–Crippen MR) is 229 cm³/mol. The third kappa shape index (κ3) is 5.32. The van der Waals surface area contributed by atoms with Crippen LogP contribution in [0.4, 0.5) is 11.4 Å². The Morgan fingerprint density at radius 2 is 1.21 bits per heavy atom. The maximum atomic E-state index is 10.6. The van der Waals surface area contributed by atoms with Crippen LogP contribution in [0.25, 0.3) is 77.4 Å². The summed E-state index contributed by atoms with van der Waals surface area (Å²) in [6.07, 6.45) is 5.83. The van der Waals surface area contributed by atoms with Crippen LogP contribution in [0, 0.1) is 28.6 Å². The van der Waals surface area contributed by atoms with Gasteiger partial charge in [0.25, 0.3) is 0 Å². The Kier molecular flexibility index (Phi) is 7.95. The van der Waals surface area contributed by atoms with Crippen molar-refractivity contribution in [1.82, 2.24) is 9.13 Å². The molecule has 10 rings (SSSR count). The van der Waals surface area contributed by atoms with Gasteiger partial charge in [-0.1, -0.05) is 97.1 Å². The van der Waals surface area contributed by atoms with Gasteiger partial charge in [0.05, 0.1) is 45.5 Å². The molecule has 7 aromatic carbocycles. The first-order chi connectivity index (χ1) is 27.7. The van der Waals surface area contributed by atoms with Crippen LogP contribution in [-0.2, 0) is 0 Å². The van der Waals surface area contributed by atoms with Crippen molar-refractivity contribution in [2.24, 2.45) is 5.92 Å². The van der Waals surface area contributed by atoms with Gasteiger partial charge in [-0.15, -0.1) is 0 Å². The first-order valence-corrected chi connectivity index (χ1v) is 18.6. The Labute approximate surface area is 322 Å². The number of nitrogens with zero attached hydrogens (tertiary/aromatic N) is 5. The van der Waals surface area contributed by atoms with Gasteiger partial charge in [0.1, 0.15) is 11.2 Å². The molecule has 3 heterocycles. The van der Waals surface area contributed by atoms with E-state index >= 15 is 0 Å². The van der Waals surface area contributed by atoms with E-state index in [-0.39, 0.29) is 0 Å². The lowest BCUT2D eigenvalue weighted by molar-refractivity contribution is 0.673. The van der Waals surface area contributed by atoms with Crippen LogP contribution in [0.2, 0.25) is 0 Å². The fraction of sp³-hybridized carbons (Fsp3) is 0.0400. The first kappa shape index (κ1) is 32.8. The monoisotopic (exact) mass is 719 g/mol. The summed E-state index contributed by atoms with van der Waals surface area (Å²) in [5.41, 5.74) is 9.53. The van der Waals surface area contributed by atoms with Crippen molar-refractivity contribution in [1.29, 1.82) is 10.5 Å². The average molecular weight is 720 g/mol. The Morgan fingerprint density at radius 1 is 0.607 bits per heavy atom. The number of aromatic nitrogens is 2. The number of para-hydroxylation sites is 5. The second-order valence-electron chi connectivity index (χ2n) is 13.9. The minimum Gasteiger partial charge on any atom is -0.455 e. The highest BCUT2D eigenvalue weighted by atomic mass is 16.3. The van der Waals surface area contributed by atoms with Gasteiger partial charge in [0.2, 0.25) is 0 Å². The molecule has 6 nitrogen and oxygen atoms in total. The molecule has 264 valence electrons. The first-order valence-electron chi connectivity index (χ1n) is 18.6. The molecule has 0 aliphatic carbocycles. The molecule has 10 aromatic rings. The minimum absolute atomic E-state index is 0.327. The lowest BCUT2D eigenvalue weighted by Crippen LogP contribution is -2.18. The van der Waals surface area contributed by atoms with Crippen molar-refractivity contribution in [3.63, 3.8) is 0 Å². The largest absolute Gasteiger partial charge is 0.455 e. The molecule has 6 heteroatoms. The van der Waals surface area contributed by atoms with E-state index in [1.807, 2.05) is 91.1 Å². The lowest BCUT2D eigenvalue weighted by Gasteiger charge is -2.28. The molecule has 0 radical (unpaired) electrons.